The number of rotatable bonds is 14. The average molecular weight is 1130 g/mol. The van der Waals surface area contributed by atoms with Crippen LogP contribution in [0.3, 0.4) is 0 Å². The molecule has 1 aliphatic carbocycles. The molecule has 0 aliphatic heterocycles. The number of phenolic OH excluding ortho intramolecular Hbond substituents is 2. The summed E-state index contributed by atoms with van der Waals surface area (Å²) < 4.78 is 206. The van der Waals surface area contributed by atoms with Crippen molar-refractivity contribution in [3.8, 4) is 11.5 Å². The van der Waals surface area contributed by atoms with Gasteiger partial charge in [-0.2, -0.15) is 75.7 Å². The van der Waals surface area contributed by atoms with Crippen LogP contribution in [0.1, 0.15) is 11.1 Å². The van der Waals surface area contributed by atoms with Crippen LogP contribution >= 0.6 is 11.6 Å². The van der Waals surface area contributed by atoms with Crippen LogP contribution in [0.25, 0.3) is 16.8 Å². The Morgan fingerprint density at radius 1 is 0.542 bits per heavy atom. The van der Waals surface area contributed by atoms with Crippen molar-refractivity contribution in [2.24, 2.45) is 15.3 Å². The molecule has 0 saturated carbocycles. The summed E-state index contributed by atoms with van der Waals surface area (Å²) in [6.07, 6.45) is 1.54. The van der Waals surface area contributed by atoms with Crippen molar-refractivity contribution in [3.05, 3.63) is 89.2 Å². The van der Waals surface area contributed by atoms with E-state index in [9.17, 15) is 92.8 Å². The summed E-state index contributed by atoms with van der Waals surface area (Å²) in [5.74, 6) is -4.67. The highest BCUT2D eigenvalue weighted by atomic mass is 35.5. The van der Waals surface area contributed by atoms with Gasteiger partial charge in [0.05, 0.1) is 20.4 Å². The molecule has 1 heterocycles. The molecule has 72 heavy (non-hydrogen) atoms. The molecule has 7 rings (SSSR count). The number of hydrazone groups is 1. The lowest BCUT2D eigenvalue weighted by Gasteiger charge is -2.18. The van der Waals surface area contributed by atoms with Gasteiger partial charge in [0, 0.05) is 27.9 Å². The van der Waals surface area contributed by atoms with E-state index in [1.807, 2.05) is 5.43 Å². The number of fused-ring (bicyclic) bond motifs is 2. The number of anilines is 5. The Hall–Kier alpha value is -7.20. The molecule has 0 unspecified atom stereocenters. The van der Waals surface area contributed by atoms with Crippen molar-refractivity contribution < 1.29 is 92.8 Å². The van der Waals surface area contributed by atoms with Crippen molar-refractivity contribution in [1.82, 2.24) is 15.0 Å². The Bertz CT molecular complexity index is 4200. The Labute approximate surface area is 408 Å². The van der Waals surface area contributed by atoms with Crippen LogP contribution in [0.5, 0.6) is 11.5 Å². The molecule has 1 aromatic heterocycles. The fraction of sp³-hybridized carbons (Fsp3) is 0. The van der Waals surface area contributed by atoms with E-state index < -0.39 is 163 Å². The van der Waals surface area contributed by atoms with Crippen LogP contribution in [-0.2, 0) is 65.5 Å². The van der Waals surface area contributed by atoms with Gasteiger partial charge in [-0.1, -0.05) is 6.07 Å². The minimum Gasteiger partial charge on any atom is -0.505 e. The molecule has 0 amide bonds. The summed E-state index contributed by atoms with van der Waals surface area (Å²) in [7, 11) is -31.7. The number of benzene rings is 5. The van der Waals surface area contributed by atoms with Crippen LogP contribution in [0.4, 0.5) is 40.3 Å². The van der Waals surface area contributed by atoms with Gasteiger partial charge in [0.15, 0.2) is 11.5 Å². The number of phenols is 2. The number of halogens is 1. The highest BCUT2D eigenvalue weighted by Gasteiger charge is 2.32. The summed E-state index contributed by atoms with van der Waals surface area (Å²) in [6, 6.07) is 8.64. The fourth-order valence-electron chi connectivity index (χ4n) is 6.43. The molecular formula is C35H24ClN9O21S6. The van der Waals surface area contributed by atoms with Gasteiger partial charge in [0.1, 0.15) is 31.8 Å². The monoisotopic (exact) mass is 1130 g/mol. The molecule has 0 fully saturated rings. The van der Waals surface area contributed by atoms with E-state index in [0.29, 0.717) is 30.3 Å². The minimum atomic E-state index is -5.57. The maximum absolute atomic E-state index is 13.2. The summed E-state index contributed by atoms with van der Waals surface area (Å²) in [5.41, 5.74) is -3.55. The molecule has 6 aromatic rings. The predicted octanol–water partition coefficient (Wildman–Crippen LogP) is 3.88. The molecule has 0 saturated heterocycles. The summed E-state index contributed by atoms with van der Waals surface area (Å²) in [5, 5.41) is 36.5. The standard InChI is InChI=1S/C35H24ClN9O21S6/c36-33-39-34(37-15-2-1-3-18(9-15)67(49,50)51)41-35(40-33)38-16-8-17(11-20(10-16)69(55,56)57)42-44-29-26(72(64,65)66)13-22-21(31(29)47)4-5-23(46)28(22)43-45-30-25(71(61,62)63)7-14-6-19(68(52,53)54)12-24(70(58,59)60)27(14)32(30)48/h1-13,45,47-48H,(H,49,50,51)(H,52,53,54)(H,55,56,57)(H,58,59,60)(H,61,62,63)(H,64,65,66)(H2,37,38,39,40,41)/b43-28-,44-42?. The predicted molar refractivity (Wildman–Crippen MR) is 245 cm³/mol. The first-order chi connectivity index (χ1) is 33.1. The van der Waals surface area contributed by atoms with Gasteiger partial charge in [-0.05, 0) is 89.8 Å². The Balaban J connectivity index is 1.30. The molecule has 378 valence electrons. The maximum Gasteiger partial charge on any atom is 0.296 e. The van der Waals surface area contributed by atoms with Crippen molar-refractivity contribution >= 4 is 141 Å². The molecular weight excluding hydrogens is 1110 g/mol. The van der Waals surface area contributed by atoms with E-state index in [4.69, 9.17) is 11.6 Å². The average Bonchev–Trinajstić information content (AvgIpc) is 3.23. The maximum atomic E-state index is 13.2. The highest BCUT2D eigenvalue weighted by molar-refractivity contribution is 7.87. The molecule has 0 spiro atoms. The molecule has 11 N–H and O–H groups in total. The SMILES string of the molecule is O=C1C=Cc2c(cc(S(=O)(=O)O)c(N=Nc3cc(Nc4nc(Cl)nc(Nc5cccc(S(=O)(=O)O)c5)n4)cc(S(=O)(=O)O)c3)c2O)/C1=N/Nc1c(S(=O)(=O)O)cc2cc(S(=O)(=O)O)cc(S(=O)(=O)O)c2c1O. The van der Waals surface area contributed by atoms with Crippen LogP contribution in [-0.4, -0.2) is 114 Å². The minimum absolute atomic E-state index is 0.0315. The smallest absolute Gasteiger partial charge is 0.296 e. The lowest BCUT2D eigenvalue weighted by atomic mass is 9.93. The summed E-state index contributed by atoms with van der Waals surface area (Å²) in [4.78, 5) is 18.1. The van der Waals surface area contributed by atoms with E-state index in [1.165, 1.54) is 12.1 Å². The zero-order valence-electron chi connectivity index (χ0n) is 34.4. The number of aromatic hydroxyl groups is 2. The number of nitrogens with one attached hydrogen (secondary N) is 3. The number of ketones is 1. The third kappa shape index (κ3) is 11.3. The number of hydrogen-bond donors (Lipinski definition) is 11. The van der Waals surface area contributed by atoms with Gasteiger partial charge in [-0.25, -0.2) is 0 Å². The molecule has 37 heteroatoms. The Kier molecular flexibility index (Phi) is 13.5. The lowest BCUT2D eigenvalue weighted by molar-refractivity contribution is -0.108. The molecule has 30 nitrogen and oxygen atoms in total. The van der Waals surface area contributed by atoms with Crippen molar-refractivity contribution in [3.63, 3.8) is 0 Å². The number of azo groups is 1. The lowest BCUT2D eigenvalue weighted by Crippen LogP contribution is -2.20. The zero-order valence-corrected chi connectivity index (χ0v) is 40.1. The van der Waals surface area contributed by atoms with Gasteiger partial charge < -0.3 is 20.8 Å². The first kappa shape index (κ1) is 52.6. The number of aromatic nitrogens is 3. The first-order valence-electron chi connectivity index (χ1n) is 18.4. The second-order valence-electron chi connectivity index (χ2n) is 14.2. The second-order valence-corrected chi connectivity index (χ2v) is 23.0. The summed E-state index contributed by atoms with van der Waals surface area (Å²) >= 11 is 6.04. The van der Waals surface area contributed by atoms with Crippen molar-refractivity contribution in [2.75, 3.05) is 16.1 Å². The topological polar surface area (TPSA) is 496 Å². The van der Waals surface area contributed by atoms with E-state index in [1.54, 1.807) is 0 Å². The van der Waals surface area contributed by atoms with Crippen LogP contribution in [0, 0.1) is 0 Å². The molecule has 5 aromatic carbocycles. The fourth-order valence-corrected chi connectivity index (χ4v) is 10.3. The van der Waals surface area contributed by atoms with Gasteiger partial charge in [0.25, 0.3) is 60.7 Å². The Morgan fingerprint density at radius 2 is 1.11 bits per heavy atom. The zero-order chi connectivity index (χ0) is 53.3. The normalized spacial score (nSPS) is 14.2. The number of hydrogen-bond acceptors (Lipinski definition) is 24. The van der Waals surface area contributed by atoms with Gasteiger partial charge >= 0.3 is 0 Å². The van der Waals surface area contributed by atoms with E-state index >= 15 is 0 Å². The molecule has 0 bridgehead atoms. The van der Waals surface area contributed by atoms with Gasteiger partial charge in [-0.3, -0.25) is 37.5 Å². The van der Waals surface area contributed by atoms with E-state index in [0.717, 1.165) is 30.3 Å². The van der Waals surface area contributed by atoms with Crippen LogP contribution in [0.2, 0.25) is 5.28 Å². The molecule has 0 atom stereocenters. The van der Waals surface area contributed by atoms with Crippen molar-refractivity contribution in [1.29, 1.82) is 0 Å². The third-order valence-corrected chi connectivity index (χ3v) is 14.7. The van der Waals surface area contributed by atoms with Crippen LogP contribution in [0.15, 0.2) is 118 Å². The first-order valence-corrected chi connectivity index (χ1v) is 27.4. The second kappa shape index (κ2) is 18.4. The largest absolute Gasteiger partial charge is 0.505 e. The Morgan fingerprint density at radius 3 is 1.69 bits per heavy atom. The number of carbonyl (C=O) groups excluding carboxylic acids is 1. The highest BCUT2D eigenvalue weighted by Crippen LogP contribution is 2.45. The number of carbonyl (C=O) groups is 1. The third-order valence-electron chi connectivity index (χ3n) is 9.40. The molecule has 0 radical (unpaired) electrons. The van der Waals surface area contributed by atoms with Crippen LogP contribution < -0.4 is 16.1 Å². The number of nitrogens with zero attached hydrogens (tertiary/aromatic N) is 6. The van der Waals surface area contributed by atoms with Crippen molar-refractivity contribution in [2.45, 2.75) is 29.4 Å². The van der Waals surface area contributed by atoms with Gasteiger partial charge in [-0.15, -0.1) is 5.11 Å². The number of allylic oxidation sites excluding steroid dienone is 1. The van der Waals surface area contributed by atoms with E-state index in [2.05, 4.69) is 40.9 Å². The molecule has 1 aliphatic rings. The van der Waals surface area contributed by atoms with Gasteiger partial charge in [0.2, 0.25) is 23.0 Å². The van der Waals surface area contributed by atoms with E-state index in [-0.39, 0.29) is 23.4 Å². The summed E-state index contributed by atoms with van der Waals surface area (Å²) in [6.45, 7) is 0. The quantitative estimate of drug-likeness (QED) is 0.0319.